The van der Waals surface area contributed by atoms with Crippen molar-refractivity contribution in [2.75, 3.05) is 11.9 Å². The molecule has 9 nitrogen and oxygen atoms in total. The van der Waals surface area contributed by atoms with E-state index in [1.54, 1.807) is 11.9 Å². The molecule has 0 bridgehead atoms. The summed E-state index contributed by atoms with van der Waals surface area (Å²) in [6.45, 7) is 2.26. The first kappa shape index (κ1) is 30.2. The Kier molecular flexibility index (Phi) is 10.5. The van der Waals surface area contributed by atoms with E-state index in [2.05, 4.69) is 22.8 Å². The molecular formula is C32H42N4O5. The minimum absolute atomic E-state index is 0.0172. The number of aryl methyl sites for hydroxylation is 2. The van der Waals surface area contributed by atoms with Crippen molar-refractivity contribution in [1.82, 2.24) is 10.6 Å². The molecule has 2 aromatic rings. The van der Waals surface area contributed by atoms with Crippen LogP contribution in [0.3, 0.4) is 0 Å². The Morgan fingerprint density at radius 2 is 1.76 bits per heavy atom. The van der Waals surface area contributed by atoms with E-state index >= 15 is 0 Å². The van der Waals surface area contributed by atoms with Gasteiger partial charge in [-0.2, -0.15) is 0 Å². The van der Waals surface area contributed by atoms with Crippen molar-refractivity contribution in [3.05, 3.63) is 64.7 Å². The third-order valence-electron chi connectivity index (χ3n) is 8.11. The summed E-state index contributed by atoms with van der Waals surface area (Å²) in [6, 6.07) is 13.2. The molecule has 0 saturated carbocycles. The van der Waals surface area contributed by atoms with Crippen molar-refractivity contribution in [3.63, 3.8) is 0 Å². The van der Waals surface area contributed by atoms with Crippen LogP contribution in [0, 0.1) is 0 Å². The van der Waals surface area contributed by atoms with Crippen LogP contribution in [-0.2, 0) is 49.8 Å². The normalized spacial score (nSPS) is 17.4. The number of benzene rings is 2. The molecule has 0 aliphatic carbocycles. The maximum absolute atomic E-state index is 13.7. The number of nitrogens with two attached hydrogens (primary N) is 1. The van der Waals surface area contributed by atoms with E-state index in [0.717, 1.165) is 54.5 Å². The number of anilines is 1. The lowest BCUT2D eigenvalue weighted by molar-refractivity contribution is -0.128. The molecule has 4 amide bonds. The molecular weight excluding hydrogens is 520 g/mol. The Morgan fingerprint density at radius 3 is 2.49 bits per heavy atom. The highest BCUT2D eigenvalue weighted by Gasteiger charge is 2.41. The number of carbonyl (C=O) groups excluding carboxylic acids is 4. The number of carbonyl (C=O) groups is 4. The van der Waals surface area contributed by atoms with Crippen LogP contribution in [0.1, 0.15) is 74.1 Å². The smallest absolute Gasteiger partial charge is 0.243 e. The van der Waals surface area contributed by atoms with Gasteiger partial charge in [-0.05, 0) is 67.7 Å². The largest absolute Gasteiger partial charge is 0.372 e. The van der Waals surface area contributed by atoms with E-state index in [-0.39, 0.29) is 36.2 Å². The Hall–Kier alpha value is -3.72. The Balaban J connectivity index is 1.38. The zero-order valence-electron chi connectivity index (χ0n) is 24.1. The van der Waals surface area contributed by atoms with Crippen LogP contribution in [-0.4, -0.2) is 48.9 Å². The van der Waals surface area contributed by atoms with Gasteiger partial charge in [0.1, 0.15) is 6.04 Å². The molecule has 0 fully saturated rings. The number of para-hydroxylation sites is 1. The average molecular weight is 563 g/mol. The number of unbranched alkanes of at least 4 members (excludes halogenated alkanes) is 1. The minimum Gasteiger partial charge on any atom is -0.372 e. The molecule has 4 N–H and O–H groups in total. The Labute approximate surface area is 242 Å². The fourth-order valence-electron chi connectivity index (χ4n) is 5.72. The fraction of sp³-hybridized carbons (Fsp3) is 0.500. The molecule has 41 heavy (non-hydrogen) atoms. The highest BCUT2D eigenvalue weighted by Crippen LogP contribution is 2.39. The molecule has 3 atom stereocenters. The second-order valence-corrected chi connectivity index (χ2v) is 11.1. The van der Waals surface area contributed by atoms with Crippen molar-refractivity contribution in [2.24, 2.45) is 5.73 Å². The first-order chi connectivity index (χ1) is 19.8. The molecule has 220 valence electrons. The van der Waals surface area contributed by atoms with Crippen molar-refractivity contribution in [1.29, 1.82) is 0 Å². The Bertz CT molecular complexity index is 1250. The lowest BCUT2D eigenvalue weighted by Crippen LogP contribution is -2.53. The molecule has 2 heterocycles. The number of nitrogens with one attached hydrogen (secondary N) is 2. The van der Waals surface area contributed by atoms with Gasteiger partial charge in [0.25, 0.3) is 0 Å². The number of ether oxygens (including phenoxy) is 1. The minimum atomic E-state index is -0.609. The van der Waals surface area contributed by atoms with Gasteiger partial charge in [-0.15, -0.1) is 0 Å². The van der Waals surface area contributed by atoms with Gasteiger partial charge in [0.05, 0.1) is 24.4 Å². The SMILES string of the molecule is CNC(=O)CC[C@H](NC(=O)[C@@H]1Cc2cccc3c2N1C(=O)CCC3)[C@@H](C)OCc1ccc(CCCCC(N)=O)cc1. The van der Waals surface area contributed by atoms with Crippen molar-refractivity contribution < 1.29 is 23.9 Å². The zero-order chi connectivity index (χ0) is 29.4. The fourth-order valence-corrected chi connectivity index (χ4v) is 5.72. The molecule has 0 spiro atoms. The maximum Gasteiger partial charge on any atom is 0.243 e. The first-order valence-electron chi connectivity index (χ1n) is 14.7. The van der Waals surface area contributed by atoms with Crippen LogP contribution >= 0.6 is 0 Å². The summed E-state index contributed by atoms with van der Waals surface area (Å²) in [5.74, 6) is -0.616. The summed E-state index contributed by atoms with van der Waals surface area (Å²) in [5, 5.41) is 5.77. The molecule has 2 aromatic carbocycles. The topological polar surface area (TPSA) is 131 Å². The summed E-state index contributed by atoms with van der Waals surface area (Å²) in [6.07, 6.45) is 5.76. The van der Waals surface area contributed by atoms with Gasteiger partial charge in [0.2, 0.25) is 23.6 Å². The zero-order valence-corrected chi connectivity index (χ0v) is 24.1. The van der Waals surface area contributed by atoms with Crippen LogP contribution in [0.4, 0.5) is 5.69 Å². The summed E-state index contributed by atoms with van der Waals surface area (Å²) >= 11 is 0. The van der Waals surface area contributed by atoms with Crippen LogP contribution in [0.15, 0.2) is 42.5 Å². The number of hydrogen-bond acceptors (Lipinski definition) is 5. The molecule has 0 unspecified atom stereocenters. The van der Waals surface area contributed by atoms with Gasteiger partial charge in [-0.3, -0.25) is 24.1 Å². The molecule has 2 aliphatic heterocycles. The first-order valence-corrected chi connectivity index (χ1v) is 14.7. The predicted molar refractivity (Wildman–Crippen MR) is 157 cm³/mol. The van der Waals surface area contributed by atoms with Crippen LogP contribution in [0.25, 0.3) is 0 Å². The van der Waals surface area contributed by atoms with Gasteiger partial charge in [0.15, 0.2) is 0 Å². The lowest BCUT2D eigenvalue weighted by Gasteiger charge is -2.30. The van der Waals surface area contributed by atoms with Crippen molar-refractivity contribution in [2.45, 2.75) is 95.9 Å². The molecule has 0 saturated heterocycles. The number of nitrogens with zero attached hydrogens (tertiary/aromatic N) is 1. The van der Waals surface area contributed by atoms with Crippen molar-refractivity contribution >= 4 is 29.3 Å². The van der Waals surface area contributed by atoms with Crippen molar-refractivity contribution in [3.8, 4) is 0 Å². The van der Waals surface area contributed by atoms with E-state index in [1.807, 2.05) is 37.3 Å². The molecule has 9 heteroatoms. The van der Waals surface area contributed by atoms with E-state index in [4.69, 9.17) is 10.5 Å². The number of rotatable bonds is 14. The van der Waals surface area contributed by atoms with Gasteiger partial charge < -0.3 is 21.1 Å². The quantitative estimate of drug-likeness (QED) is 0.305. The average Bonchev–Trinajstić information content (AvgIpc) is 3.28. The Morgan fingerprint density at radius 1 is 1.02 bits per heavy atom. The van der Waals surface area contributed by atoms with E-state index in [0.29, 0.717) is 32.3 Å². The highest BCUT2D eigenvalue weighted by molar-refractivity contribution is 6.04. The van der Waals surface area contributed by atoms with Gasteiger partial charge in [-0.1, -0.05) is 42.5 Å². The van der Waals surface area contributed by atoms with E-state index in [1.165, 1.54) is 5.56 Å². The second kappa shape index (κ2) is 14.3. The van der Waals surface area contributed by atoms with E-state index in [9.17, 15) is 19.2 Å². The third-order valence-corrected chi connectivity index (χ3v) is 8.11. The number of primary amides is 1. The molecule has 0 radical (unpaired) electrons. The molecule has 4 rings (SSSR count). The summed E-state index contributed by atoms with van der Waals surface area (Å²) < 4.78 is 6.19. The maximum atomic E-state index is 13.7. The monoisotopic (exact) mass is 562 g/mol. The second-order valence-electron chi connectivity index (χ2n) is 11.1. The summed E-state index contributed by atoms with van der Waals surface area (Å²) in [4.78, 5) is 51.4. The predicted octanol–water partition coefficient (Wildman–Crippen LogP) is 3.10. The van der Waals surface area contributed by atoms with Crippen LogP contribution in [0.2, 0.25) is 0 Å². The summed E-state index contributed by atoms with van der Waals surface area (Å²) in [5.41, 5.74) is 10.4. The van der Waals surface area contributed by atoms with Gasteiger partial charge in [0, 0.05) is 32.7 Å². The van der Waals surface area contributed by atoms with Crippen LogP contribution < -0.4 is 21.3 Å². The molecule has 2 aliphatic rings. The standard InChI is InChI=1S/C32H42N4O5/c1-21(41-20-23-15-13-22(14-16-23)7-3-4-11-28(33)37)26(17-18-29(38)34-2)35-32(40)27-19-25-10-5-8-24-9-6-12-30(39)36(27)31(24)25/h5,8,10,13-16,21,26-27H,3-4,6-7,9,11-12,17-20H2,1-2H3,(H2,33,37)(H,34,38)(H,35,40)/t21-,26+,27+/m1/s1. The number of hydrogen-bond donors (Lipinski definition) is 3. The van der Waals surface area contributed by atoms with Crippen LogP contribution in [0.5, 0.6) is 0 Å². The highest BCUT2D eigenvalue weighted by atomic mass is 16.5. The number of amides is 4. The summed E-state index contributed by atoms with van der Waals surface area (Å²) in [7, 11) is 1.59. The van der Waals surface area contributed by atoms with Gasteiger partial charge in [-0.25, -0.2) is 0 Å². The lowest BCUT2D eigenvalue weighted by atomic mass is 10.0. The third kappa shape index (κ3) is 7.94. The van der Waals surface area contributed by atoms with E-state index < -0.39 is 12.1 Å². The van der Waals surface area contributed by atoms with Gasteiger partial charge >= 0.3 is 0 Å². The molecule has 0 aromatic heterocycles.